The molecule has 0 bridgehead atoms. The standard InChI is InChI=1S/C29H26Si/c1-2-30(27-18-15-21-9-3-6-12-24(21)27,28-19-16-22-10-4-7-13-25(22)28)29-20-17-23-11-5-8-14-26(23)29/h3-20,27-29H,2H2,1H3. The Morgan fingerprint density at radius 3 is 1.20 bits per heavy atom. The summed E-state index contributed by atoms with van der Waals surface area (Å²) in [5.74, 6) is 0. The summed E-state index contributed by atoms with van der Waals surface area (Å²) in [7, 11) is -1.98. The molecule has 0 aromatic heterocycles. The van der Waals surface area contributed by atoms with Crippen LogP contribution in [0, 0.1) is 0 Å². The van der Waals surface area contributed by atoms with Gasteiger partial charge in [0.2, 0.25) is 0 Å². The van der Waals surface area contributed by atoms with Crippen LogP contribution in [-0.2, 0) is 0 Å². The molecule has 3 aliphatic rings. The third-order valence-corrected chi connectivity index (χ3v) is 14.0. The molecule has 0 N–H and O–H groups in total. The monoisotopic (exact) mass is 402 g/mol. The molecule has 0 radical (unpaired) electrons. The van der Waals surface area contributed by atoms with Gasteiger partial charge in [0.05, 0.1) is 8.07 Å². The Morgan fingerprint density at radius 2 is 0.867 bits per heavy atom. The van der Waals surface area contributed by atoms with Crippen LogP contribution >= 0.6 is 0 Å². The van der Waals surface area contributed by atoms with Crippen molar-refractivity contribution in [2.24, 2.45) is 0 Å². The fourth-order valence-electron chi connectivity index (χ4n) is 6.39. The second kappa shape index (κ2) is 6.82. The van der Waals surface area contributed by atoms with E-state index in [9.17, 15) is 0 Å². The Morgan fingerprint density at radius 1 is 0.533 bits per heavy atom. The van der Waals surface area contributed by atoms with E-state index in [0.717, 1.165) is 0 Å². The van der Waals surface area contributed by atoms with Gasteiger partial charge < -0.3 is 0 Å². The molecule has 6 rings (SSSR count). The molecule has 0 nitrogen and oxygen atoms in total. The van der Waals surface area contributed by atoms with E-state index in [1.165, 1.54) is 22.7 Å². The Labute approximate surface area is 180 Å². The Balaban J connectivity index is 1.60. The highest BCUT2D eigenvalue weighted by Crippen LogP contribution is 2.56. The fourth-order valence-corrected chi connectivity index (χ4v) is 12.8. The number of fused-ring (bicyclic) bond motifs is 3. The molecule has 3 unspecified atom stereocenters. The molecule has 0 saturated heterocycles. The first-order valence-corrected chi connectivity index (χ1v) is 13.6. The zero-order valence-corrected chi connectivity index (χ0v) is 18.3. The molecule has 0 amide bonds. The minimum Gasteiger partial charge on any atom is -0.0790 e. The summed E-state index contributed by atoms with van der Waals surface area (Å²) in [6, 6.07) is 28.5. The smallest absolute Gasteiger partial charge is 0.0790 e. The SMILES string of the molecule is CC[Si](C1C=Cc2ccccc21)(C1C=Cc2ccccc21)C1C=Cc2ccccc21. The fraction of sp³-hybridized carbons (Fsp3) is 0.172. The van der Waals surface area contributed by atoms with Crippen LogP contribution in [0.1, 0.15) is 56.9 Å². The summed E-state index contributed by atoms with van der Waals surface area (Å²) in [5.41, 5.74) is 10.5. The van der Waals surface area contributed by atoms with Gasteiger partial charge in [-0.15, -0.1) is 0 Å². The maximum absolute atomic E-state index is 2.55. The lowest BCUT2D eigenvalue weighted by molar-refractivity contribution is 0.925. The molecule has 3 aromatic rings. The normalized spacial score (nSPS) is 24.5. The van der Waals surface area contributed by atoms with E-state index in [2.05, 4.69) is 116 Å². The quantitative estimate of drug-likeness (QED) is 0.396. The number of benzene rings is 3. The molecule has 0 spiro atoms. The van der Waals surface area contributed by atoms with Crippen LogP contribution in [0.4, 0.5) is 0 Å². The minimum absolute atomic E-state index is 0.528. The van der Waals surface area contributed by atoms with Gasteiger partial charge >= 0.3 is 0 Å². The van der Waals surface area contributed by atoms with E-state index in [1.54, 1.807) is 16.7 Å². The summed E-state index contributed by atoms with van der Waals surface area (Å²) >= 11 is 0. The Hall–Kier alpha value is -2.90. The second-order valence-electron chi connectivity index (χ2n) is 8.86. The molecule has 3 aromatic carbocycles. The van der Waals surface area contributed by atoms with Crippen LogP contribution < -0.4 is 0 Å². The first-order valence-electron chi connectivity index (χ1n) is 11.1. The van der Waals surface area contributed by atoms with E-state index in [-0.39, 0.29) is 0 Å². The van der Waals surface area contributed by atoms with Gasteiger partial charge in [-0.25, -0.2) is 0 Å². The van der Waals surface area contributed by atoms with Crippen molar-refractivity contribution >= 4 is 26.3 Å². The lowest BCUT2D eigenvalue weighted by atomic mass is 10.1. The van der Waals surface area contributed by atoms with Crippen LogP contribution in [0.15, 0.2) is 91.0 Å². The van der Waals surface area contributed by atoms with Gasteiger partial charge in [-0.1, -0.05) is 122 Å². The van der Waals surface area contributed by atoms with Gasteiger partial charge in [0, 0.05) is 0 Å². The maximum Gasteiger partial charge on any atom is 0.0885 e. The summed E-state index contributed by atoms with van der Waals surface area (Å²) < 4.78 is 0. The average molecular weight is 403 g/mol. The zero-order valence-electron chi connectivity index (χ0n) is 17.3. The third-order valence-electron chi connectivity index (χ3n) is 7.75. The van der Waals surface area contributed by atoms with E-state index in [1.807, 2.05) is 0 Å². The van der Waals surface area contributed by atoms with Crippen LogP contribution in [-0.4, -0.2) is 8.07 Å². The first-order chi connectivity index (χ1) is 14.8. The summed E-state index contributed by atoms with van der Waals surface area (Å²) in [6.07, 6.45) is 14.8. The van der Waals surface area contributed by atoms with Crippen LogP contribution in [0.5, 0.6) is 0 Å². The number of allylic oxidation sites excluding steroid dienone is 3. The van der Waals surface area contributed by atoms with Crippen molar-refractivity contribution in [2.75, 3.05) is 0 Å². The summed E-state index contributed by atoms with van der Waals surface area (Å²) in [6.45, 7) is 2.46. The summed E-state index contributed by atoms with van der Waals surface area (Å²) in [4.78, 5) is 0. The number of rotatable bonds is 4. The summed E-state index contributed by atoms with van der Waals surface area (Å²) in [5, 5.41) is 0. The lowest BCUT2D eigenvalue weighted by Gasteiger charge is -2.46. The number of hydrogen-bond acceptors (Lipinski definition) is 0. The highest BCUT2D eigenvalue weighted by Gasteiger charge is 2.54. The Kier molecular flexibility index (Phi) is 4.07. The van der Waals surface area contributed by atoms with Crippen LogP contribution in [0.3, 0.4) is 0 Å². The van der Waals surface area contributed by atoms with Gasteiger partial charge in [-0.2, -0.15) is 0 Å². The topological polar surface area (TPSA) is 0 Å². The predicted molar refractivity (Wildman–Crippen MR) is 131 cm³/mol. The molecule has 0 heterocycles. The minimum atomic E-state index is -1.98. The van der Waals surface area contributed by atoms with Crippen molar-refractivity contribution in [3.63, 3.8) is 0 Å². The average Bonchev–Trinajstić information content (AvgIpc) is 3.53. The van der Waals surface area contributed by atoms with E-state index >= 15 is 0 Å². The van der Waals surface area contributed by atoms with E-state index in [0.29, 0.717) is 16.6 Å². The molecule has 0 aliphatic heterocycles. The van der Waals surface area contributed by atoms with Gasteiger partial charge in [0.25, 0.3) is 0 Å². The zero-order chi connectivity index (χ0) is 20.1. The van der Waals surface area contributed by atoms with Crippen molar-refractivity contribution in [1.82, 2.24) is 0 Å². The second-order valence-corrected chi connectivity index (χ2v) is 13.7. The van der Waals surface area contributed by atoms with Gasteiger partial charge in [0.1, 0.15) is 0 Å². The van der Waals surface area contributed by atoms with E-state index in [4.69, 9.17) is 0 Å². The molecular formula is C29H26Si. The first kappa shape index (κ1) is 17.9. The van der Waals surface area contributed by atoms with E-state index < -0.39 is 8.07 Å². The van der Waals surface area contributed by atoms with Gasteiger partial charge in [-0.3, -0.25) is 0 Å². The van der Waals surface area contributed by atoms with Crippen molar-refractivity contribution in [2.45, 2.75) is 29.6 Å². The molecule has 3 aliphatic carbocycles. The Bertz CT molecular complexity index is 1060. The molecule has 0 fully saturated rings. The predicted octanol–water partition coefficient (Wildman–Crippen LogP) is 7.50. The van der Waals surface area contributed by atoms with Gasteiger partial charge in [0.15, 0.2) is 0 Å². The third kappa shape index (κ3) is 2.39. The lowest BCUT2D eigenvalue weighted by Crippen LogP contribution is -2.51. The highest BCUT2D eigenvalue weighted by molar-refractivity contribution is 6.85. The van der Waals surface area contributed by atoms with Crippen molar-refractivity contribution < 1.29 is 0 Å². The van der Waals surface area contributed by atoms with Crippen LogP contribution in [0.2, 0.25) is 6.04 Å². The molecular weight excluding hydrogens is 376 g/mol. The molecule has 30 heavy (non-hydrogen) atoms. The molecule has 1 heteroatoms. The van der Waals surface area contributed by atoms with Crippen molar-refractivity contribution in [3.05, 3.63) is 124 Å². The maximum atomic E-state index is 2.55. The van der Waals surface area contributed by atoms with Crippen molar-refractivity contribution in [3.8, 4) is 0 Å². The number of hydrogen-bond donors (Lipinski definition) is 0. The molecule has 3 atom stereocenters. The van der Waals surface area contributed by atoms with Crippen LogP contribution in [0.25, 0.3) is 18.2 Å². The molecule has 146 valence electrons. The molecule has 0 saturated carbocycles. The van der Waals surface area contributed by atoms with Gasteiger partial charge in [-0.05, 0) is 50.0 Å². The largest absolute Gasteiger partial charge is 0.0885 e. The van der Waals surface area contributed by atoms with Crippen molar-refractivity contribution in [1.29, 1.82) is 0 Å². The highest BCUT2D eigenvalue weighted by atomic mass is 28.3.